The molecule has 0 radical (unpaired) electrons. The molecule has 0 unspecified atom stereocenters. The number of likely N-dealkylation sites (tertiary alicyclic amines) is 1. The molecule has 7 nitrogen and oxygen atoms in total. The summed E-state index contributed by atoms with van der Waals surface area (Å²) in [5, 5.41) is 16.0. The highest BCUT2D eigenvalue weighted by atomic mass is 19.4. The lowest BCUT2D eigenvalue weighted by atomic mass is 9.74. The van der Waals surface area contributed by atoms with Crippen molar-refractivity contribution in [1.82, 2.24) is 4.90 Å². The van der Waals surface area contributed by atoms with Crippen LogP contribution >= 0.6 is 0 Å². The molecule has 1 saturated heterocycles. The number of carbonyl (C=O) groups excluding carboxylic acids is 1. The Morgan fingerprint density at radius 2 is 1.67 bits per heavy atom. The zero-order chi connectivity index (χ0) is 26.3. The maximum Gasteiger partial charge on any atom is 0.490 e. The molecule has 1 spiro atoms. The van der Waals surface area contributed by atoms with Gasteiger partial charge in [0.15, 0.2) is 5.78 Å². The van der Waals surface area contributed by atoms with Gasteiger partial charge in [-0.3, -0.25) is 9.59 Å². The van der Waals surface area contributed by atoms with E-state index < -0.39 is 18.1 Å². The first-order valence-corrected chi connectivity index (χ1v) is 11.3. The minimum Gasteiger partial charge on any atom is -0.492 e. The van der Waals surface area contributed by atoms with E-state index in [0.717, 1.165) is 37.2 Å². The fourth-order valence-corrected chi connectivity index (χ4v) is 4.23. The third-order valence-electron chi connectivity index (χ3n) is 6.27. The normalized spacial score (nSPS) is 16.6. The van der Waals surface area contributed by atoms with E-state index in [1.54, 1.807) is 6.08 Å². The molecule has 0 atom stereocenters. The van der Waals surface area contributed by atoms with E-state index in [-0.39, 0.29) is 17.6 Å². The number of piperidine rings is 1. The molecule has 2 aromatic carbocycles. The molecule has 2 heterocycles. The highest BCUT2D eigenvalue weighted by Gasteiger charge is 2.43. The maximum absolute atomic E-state index is 12.6. The molecule has 0 amide bonds. The van der Waals surface area contributed by atoms with Gasteiger partial charge in [-0.2, -0.15) is 13.2 Å². The number of carboxylic acid groups (broad SMARTS) is 2. The minimum absolute atomic E-state index is 0.0173. The lowest BCUT2D eigenvalue weighted by Gasteiger charge is -2.38. The summed E-state index contributed by atoms with van der Waals surface area (Å²) < 4.78 is 37.7. The molecule has 2 N–H and O–H groups in total. The average molecular weight is 505 g/mol. The number of ketones is 1. The highest BCUT2D eigenvalue weighted by Crippen LogP contribution is 2.45. The Labute approximate surface area is 205 Å². The second-order valence-electron chi connectivity index (χ2n) is 8.68. The summed E-state index contributed by atoms with van der Waals surface area (Å²) in [6, 6.07) is 15.6. The molecular formula is C26H26F3NO6. The number of ether oxygens (including phenoxy) is 1. The highest BCUT2D eigenvalue weighted by molar-refractivity contribution is 6.07. The Morgan fingerprint density at radius 3 is 2.25 bits per heavy atom. The molecule has 0 bridgehead atoms. The lowest BCUT2D eigenvalue weighted by Crippen LogP contribution is -2.44. The first-order chi connectivity index (χ1) is 17.0. The van der Waals surface area contributed by atoms with Crippen molar-refractivity contribution >= 4 is 23.8 Å². The van der Waals surface area contributed by atoms with Crippen LogP contribution in [0, 0.1) is 0 Å². The van der Waals surface area contributed by atoms with Crippen LogP contribution < -0.4 is 4.74 Å². The van der Waals surface area contributed by atoms with E-state index in [4.69, 9.17) is 19.7 Å². The summed E-state index contributed by atoms with van der Waals surface area (Å²) in [6.45, 7) is 2.97. The van der Waals surface area contributed by atoms with Crippen LogP contribution in [0.5, 0.6) is 5.75 Å². The zero-order valence-electron chi connectivity index (χ0n) is 19.3. The van der Waals surface area contributed by atoms with Crippen molar-refractivity contribution in [2.45, 2.75) is 30.9 Å². The van der Waals surface area contributed by atoms with Gasteiger partial charge >= 0.3 is 18.1 Å². The number of nitrogens with zero attached hydrogens (tertiary/aromatic N) is 1. The van der Waals surface area contributed by atoms with Crippen LogP contribution in [0.2, 0.25) is 0 Å². The predicted octanol–water partition coefficient (Wildman–Crippen LogP) is 4.42. The number of fused-ring (bicyclic) bond motifs is 2. The third kappa shape index (κ3) is 6.94. The topological polar surface area (TPSA) is 104 Å². The van der Waals surface area contributed by atoms with Crippen LogP contribution in [-0.4, -0.2) is 65.3 Å². The second-order valence-corrected chi connectivity index (χ2v) is 8.68. The number of halogens is 3. The molecule has 0 aliphatic carbocycles. The van der Waals surface area contributed by atoms with Gasteiger partial charge in [-0.25, -0.2) is 4.79 Å². The van der Waals surface area contributed by atoms with Gasteiger partial charge in [-0.1, -0.05) is 48.5 Å². The second kappa shape index (κ2) is 11.4. The fraction of sp³-hybridized carbons (Fsp3) is 0.346. The van der Waals surface area contributed by atoms with E-state index in [0.29, 0.717) is 18.7 Å². The minimum atomic E-state index is -5.08. The first-order valence-electron chi connectivity index (χ1n) is 11.3. The zero-order valence-corrected chi connectivity index (χ0v) is 19.3. The van der Waals surface area contributed by atoms with Crippen molar-refractivity contribution in [1.29, 1.82) is 0 Å². The van der Waals surface area contributed by atoms with Crippen LogP contribution in [0.1, 0.15) is 40.7 Å². The van der Waals surface area contributed by atoms with Gasteiger partial charge in [0.25, 0.3) is 0 Å². The summed E-state index contributed by atoms with van der Waals surface area (Å²) in [6.07, 6.45) is 0.414. The first kappa shape index (κ1) is 26.9. The summed E-state index contributed by atoms with van der Waals surface area (Å²) >= 11 is 0. The molecule has 192 valence electrons. The molecule has 4 rings (SSSR count). The molecule has 1 fully saturated rings. The smallest absolute Gasteiger partial charge is 0.490 e. The van der Waals surface area contributed by atoms with Crippen molar-refractivity contribution in [3.63, 3.8) is 0 Å². The van der Waals surface area contributed by atoms with Gasteiger partial charge < -0.3 is 19.8 Å². The van der Waals surface area contributed by atoms with E-state index in [2.05, 4.69) is 4.90 Å². The number of hydrogen-bond donors (Lipinski definition) is 2. The summed E-state index contributed by atoms with van der Waals surface area (Å²) in [5.74, 6) is -2.74. The van der Waals surface area contributed by atoms with Gasteiger partial charge in [0.05, 0.1) is 13.0 Å². The van der Waals surface area contributed by atoms with Crippen LogP contribution in [-0.2, 0) is 15.0 Å². The van der Waals surface area contributed by atoms with Gasteiger partial charge in [0, 0.05) is 23.1 Å². The van der Waals surface area contributed by atoms with E-state index in [1.165, 1.54) is 5.56 Å². The molecule has 2 aliphatic heterocycles. The van der Waals surface area contributed by atoms with Crippen LogP contribution in [0.4, 0.5) is 13.2 Å². The van der Waals surface area contributed by atoms with Crippen LogP contribution in [0.25, 0.3) is 6.08 Å². The number of aliphatic carboxylic acids is 2. The maximum atomic E-state index is 12.6. The van der Waals surface area contributed by atoms with Crippen LogP contribution in [0.15, 0.2) is 54.6 Å². The van der Waals surface area contributed by atoms with Crippen molar-refractivity contribution < 1.29 is 42.5 Å². The largest absolute Gasteiger partial charge is 0.492 e. The molecule has 0 aromatic heterocycles. The number of benzene rings is 2. The van der Waals surface area contributed by atoms with Gasteiger partial charge in [0.2, 0.25) is 0 Å². The fourth-order valence-electron chi connectivity index (χ4n) is 4.23. The molecule has 36 heavy (non-hydrogen) atoms. The van der Waals surface area contributed by atoms with Crippen molar-refractivity contribution in [2.75, 3.05) is 26.2 Å². The van der Waals surface area contributed by atoms with Gasteiger partial charge in [-0.05, 0) is 43.6 Å². The molecule has 2 aromatic rings. The number of allylic oxidation sites excluding steroid dienone is 1. The Hall–Kier alpha value is -3.66. The number of carbonyl (C=O) groups is 3. The Balaban J connectivity index is 0.000000454. The van der Waals surface area contributed by atoms with Crippen molar-refractivity contribution in [2.24, 2.45) is 0 Å². The number of rotatable bonds is 6. The quantitative estimate of drug-likeness (QED) is 0.443. The summed E-state index contributed by atoms with van der Waals surface area (Å²) in [4.78, 5) is 34.5. The molecule has 2 aliphatic rings. The third-order valence-corrected chi connectivity index (χ3v) is 6.27. The van der Waals surface area contributed by atoms with E-state index in [9.17, 15) is 22.8 Å². The Kier molecular flexibility index (Phi) is 8.52. The van der Waals surface area contributed by atoms with Crippen molar-refractivity contribution in [3.8, 4) is 5.75 Å². The SMILES string of the molecule is O=C(O)C(F)(F)F.O=C(O)CCN1CCC2(CC1)COc1cc(C(=O)C=Cc3ccccc3)ccc12. The average Bonchev–Trinajstić information content (AvgIpc) is 3.20. The predicted molar refractivity (Wildman–Crippen MR) is 125 cm³/mol. The van der Waals surface area contributed by atoms with Crippen LogP contribution in [0.3, 0.4) is 0 Å². The molecule has 0 saturated carbocycles. The molecular weight excluding hydrogens is 479 g/mol. The van der Waals surface area contributed by atoms with E-state index in [1.807, 2.05) is 54.6 Å². The van der Waals surface area contributed by atoms with E-state index >= 15 is 0 Å². The number of alkyl halides is 3. The van der Waals surface area contributed by atoms with Gasteiger partial charge in [0.1, 0.15) is 5.75 Å². The van der Waals surface area contributed by atoms with Gasteiger partial charge in [-0.15, -0.1) is 0 Å². The standard InChI is InChI=1S/C24H25NO4.C2HF3O2/c26-21(9-6-18-4-2-1-3-5-18)19-7-8-20-22(16-19)29-17-24(20)11-14-25(15-12-24)13-10-23(27)28;3-2(4,5)1(6)7/h1-9,16H,10-15,17H2,(H,27,28);(H,6,7). The van der Waals surface area contributed by atoms with Crippen molar-refractivity contribution in [3.05, 3.63) is 71.3 Å². The summed E-state index contributed by atoms with van der Waals surface area (Å²) in [7, 11) is 0. The number of carboxylic acids is 2. The summed E-state index contributed by atoms with van der Waals surface area (Å²) in [5.41, 5.74) is 2.79. The lowest BCUT2D eigenvalue weighted by molar-refractivity contribution is -0.192. The Bertz CT molecular complexity index is 1120. The monoisotopic (exact) mass is 505 g/mol. The Morgan fingerprint density at radius 1 is 1.03 bits per heavy atom. The molecule has 10 heteroatoms. The number of hydrogen-bond acceptors (Lipinski definition) is 5.